The minimum Gasteiger partial charge on any atom is -0.479 e. The molecule has 0 bridgehead atoms. The molecule has 0 spiro atoms. The number of nitrogens with zero attached hydrogens (tertiary/aromatic N) is 4. The molecule has 8 nitrogen and oxygen atoms in total. The number of hydrogen-bond donors (Lipinski definition) is 0. The molecule has 26 heavy (non-hydrogen) atoms. The van der Waals surface area contributed by atoms with Crippen LogP contribution >= 0.6 is 0 Å². The summed E-state index contributed by atoms with van der Waals surface area (Å²) in [7, 11) is 0. The number of carbonyl (C=O) groups is 1. The average molecular weight is 350 g/mol. The van der Waals surface area contributed by atoms with Gasteiger partial charge in [-0.25, -0.2) is 4.79 Å². The fraction of sp³-hybridized carbons (Fsp3) is 0.167. The van der Waals surface area contributed by atoms with Crippen molar-refractivity contribution in [2.24, 2.45) is 0 Å². The first-order valence-electron chi connectivity index (χ1n) is 7.74. The van der Waals surface area contributed by atoms with Gasteiger partial charge in [-0.3, -0.25) is 4.79 Å². The molecule has 0 aliphatic heterocycles. The largest absolute Gasteiger partial charge is 0.479 e. The minimum absolute atomic E-state index is 0.365. The van der Waals surface area contributed by atoms with Crippen LogP contribution in [0.1, 0.15) is 12.5 Å². The van der Waals surface area contributed by atoms with Gasteiger partial charge in [-0.2, -0.15) is 9.94 Å². The van der Waals surface area contributed by atoms with Crippen molar-refractivity contribution in [2.75, 3.05) is 0 Å². The Kier molecular flexibility index (Phi) is 4.90. The van der Waals surface area contributed by atoms with Crippen LogP contribution in [-0.4, -0.2) is 27.1 Å². The topological polar surface area (TPSA) is 107 Å². The summed E-state index contributed by atoms with van der Waals surface area (Å²) in [6.45, 7) is 1.16. The first-order valence-corrected chi connectivity index (χ1v) is 7.74. The van der Waals surface area contributed by atoms with Gasteiger partial charge >= 0.3 is 5.97 Å². The number of esters is 1. The lowest BCUT2D eigenvalue weighted by Gasteiger charge is -2.14. The Morgan fingerprint density at radius 3 is 2.69 bits per heavy atom. The normalized spacial score (nSPS) is 11.5. The van der Waals surface area contributed by atoms with Gasteiger partial charge in [0.1, 0.15) is 11.3 Å². The van der Waals surface area contributed by atoms with Gasteiger partial charge < -0.3 is 9.47 Å². The lowest BCUT2D eigenvalue weighted by molar-refractivity contribution is -0.155. The molecule has 1 aromatic heterocycles. The number of carbonyl (C=O) groups excluding carboxylic acids is 1. The van der Waals surface area contributed by atoms with Crippen molar-refractivity contribution >= 4 is 16.9 Å². The van der Waals surface area contributed by atoms with E-state index in [4.69, 9.17) is 14.7 Å². The molecule has 130 valence electrons. The summed E-state index contributed by atoms with van der Waals surface area (Å²) in [6.07, 6.45) is -0.896. The fourth-order valence-electron chi connectivity index (χ4n) is 2.21. The van der Waals surface area contributed by atoms with Gasteiger partial charge in [0.05, 0.1) is 17.0 Å². The molecule has 0 fully saturated rings. The molecule has 0 aliphatic carbocycles. The van der Waals surface area contributed by atoms with Gasteiger partial charge in [-0.15, -0.1) is 5.10 Å². The molecule has 0 saturated carbocycles. The van der Waals surface area contributed by atoms with Crippen LogP contribution in [0.4, 0.5) is 0 Å². The third-order valence-corrected chi connectivity index (χ3v) is 3.59. The van der Waals surface area contributed by atoms with Crippen molar-refractivity contribution < 1.29 is 14.3 Å². The number of fused-ring (bicyclic) bond motifs is 1. The highest BCUT2D eigenvalue weighted by molar-refractivity contribution is 5.76. The van der Waals surface area contributed by atoms with Gasteiger partial charge in [0.15, 0.2) is 12.8 Å². The zero-order valence-electron chi connectivity index (χ0n) is 13.8. The van der Waals surface area contributed by atoms with Gasteiger partial charge in [0.2, 0.25) is 0 Å². The van der Waals surface area contributed by atoms with Gasteiger partial charge in [0.25, 0.3) is 5.56 Å². The Hall–Kier alpha value is -3.73. The summed E-state index contributed by atoms with van der Waals surface area (Å²) >= 11 is 0. The molecule has 0 radical (unpaired) electrons. The number of hydrogen-bond acceptors (Lipinski definition) is 7. The monoisotopic (exact) mass is 350 g/mol. The van der Waals surface area contributed by atoms with Crippen molar-refractivity contribution in [3.05, 3.63) is 64.4 Å². The molecule has 8 heteroatoms. The Morgan fingerprint density at radius 2 is 1.96 bits per heavy atom. The van der Waals surface area contributed by atoms with Crippen LogP contribution in [0.5, 0.6) is 5.75 Å². The summed E-state index contributed by atoms with van der Waals surface area (Å²) in [6, 6.07) is 15.1. The van der Waals surface area contributed by atoms with E-state index in [1.807, 2.05) is 6.07 Å². The molecule has 0 aliphatic rings. The zero-order chi connectivity index (χ0) is 18.5. The van der Waals surface area contributed by atoms with Gasteiger partial charge in [0, 0.05) is 0 Å². The number of rotatable bonds is 5. The Labute approximate surface area is 148 Å². The van der Waals surface area contributed by atoms with Crippen LogP contribution < -0.4 is 10.3 Å². The van der Waals surface area contributed by atoms with Crippen molar-refractivity contribution in [3.8, 4) is 11.8 Å². The lowest BCUT2D eigenvalue weighted by atomic mass is 10.2. The van der Waals surface area contributed by atoms with E-state index in [9.17, 15) is 9.59 Å². The standard InChI is InChI=1S/C18H14N4O4/c1-12(26-14-8-6-13(10-19)7-9-14)18(24)25-11-22-17(23)15-4-2-3-5-16(15)20-21-22/h2-9,12H,11H2,1H3/t12-/m1/s1. The van der Waals surface area contributed by atoms with Gasteiger partial charge in [-0.1, -0.05) is 17.3 Å². The molecule has 2 aromatic carbocycles. The maximum Gasteiger partial charge on any atom is 0.348 e. The quantitative estimate of drug-likeness (QED) is 0.644. The molecule has 3 aromatic rings. The smallest absolute Gasteiger partial charge is 0.348 e. The first-order chi connectivity index (χ1) is 12.6. The maximum absolute atomic E-state index is 12.3. The number of benzene rings is 2. The molecule has 1 heterocycles. The van der Waals surface area contributed by atoms with Crippen LogP contribution in [-0.2, 0) is 16.3 Å². The van der Waals surface area contributed by atoms with Gasteiger partial charge in [-0.05, 0) is 43.3 Å². The van der Waals surface area contributed by atoms with Crippen LogP contribution in [0.2, 0.25) is 0 Å². The molecular weight excluding hydrogens is 336 g/mol. The lowest BCUT2D eigenvalue weighted by Crippen LogP contribution is -2.31. The third-order valence-electron chi connectivity index (χ3n) is 3.59. The van der Waals surface area contributed by atoms with Crippen molar-refractivity contribution in [1.82, 2.24) is 15.0 Å². The second-order valence-electron chi connectivity index (χ2n) is 5.40. The van der Waals surface area contributed by atoms with E-state index in [1.54, 1.807) is 48.5 Å². The molecule has 0 unspecified atom stereocenters. The average Bonchev–Trinajstić information content (AvgIpc) is 2.68. The Balaban J connectivity index is 1.63. The van der Waals surface area contributed by atoms with Crippen LogP contribution in [0.15, 0.2) is 53.3 Å². The Bertz CT molecular complexity index is 1040. The zero-order valence-corrected chi connectivity index (χ0v) is 13.8. The third kappa shape index (κ3) is 3.67. The summed E-state index contributed by atoms with van der Waals surface area (Å²) in [5, 5.41) is 16.8. The maximum atomic E-state index is 12.3. The molecular formula is C18H14N4O4. The van der Waals surface area contributed by atoms with Crippen LogP contribution in [0, 0.1) is 11.3 Å². The minimum atomic E-state index is -0.896. The summed E-state index contributed by atoms with van der Waals surface area (Å²) in [5.74, 6) is -0.229. The number of ether oxygens (including phenoxy) is 2. The highest BCUT2D eigenvalue weighted by atomic mass is 16.6. The first kappa shape index (κ1) is 17.1. The summed E-state index contributed by atoms with van der Waals surface area (Å²) < 4.78 is 11.5. The SMILES string of the molecule is C[C@@H](Oc1ccc(C#N)cc1)C(=O)OCn1nnc2ccccc2c1=O. The predicted molar refractivity (Wildman–Crippen MR) is 91.1 cm³/mol. The molecule has 0 saturated heterocycles. The fourth-order valence-corrected chi connectivity index (χ4v) is 2.21. The predicted octanol–water partition coefficient (Wildman–Crippen LogP) is 1.63. The second-order valence-corrected chi connectivity index (χ2v) is 5.40. The molecule has 0 amide bonds. The van der Waals surface area contributed by atoms with E-state index >= 15 is 0 Å². The summed E-state index contributed by atoms with van der Waals surface area (Å²) in [4.78, 5) is 24.3. The van der Waals surface area contributed by atoms with E-state index in [2.05, 4.69) is 10.3 Å². The van der Waals surface area contributed by atoms with E-state index in [1.165, 1.54) is 6.92 Å². The van der Waals surface area contributed by atoms with E-state index in [0.29, 0.717) is 22.2 Å². The highest BCUT2D eigenvalue weighted by Crippen LogP contribution is 2.14. The number of aromatic nitrogens is 3. The molecule has 0 N–H and O–H groups in total. The Morgan fingerprint density at radius 1 is 1.23 bits per heavy atom. The van der Waals surface area contributed by atoms with Crippen molar-refractivity contribution in [1.29, 1.82) is 5.26 Å². The van der Waals surface area contributed by atoms with Crippen molar-refractivity contribution in [2.45, 2.75) is 19.8 Å². The highest BCUT2D eigenvalue weighted by Gasteiger charge is 2.17. The van der Waals surface area contributed by atoms with Crippen molar-refractivity contribution in [3.63, 3.8) is 0 Å². The summed E-state index contributed by atoms with van der Waals surface area (Å²) in [5.41, 5.74) is 0.559. The molecule has 1 atom stereocenters. The second kappa shape index (κ2) is 7.44. The van der Waals surface area contributed by atoms with Crippen LogP contribution in [0.3, 0.4) is 0 Å². The van der Waals surface area contributed by atoms with E-state index < -0.39 is 17.6 Å². The van der Waals surface area contributed by atoms with E-state index in [-0.39, 0.29) is 6.73 Å². The van der Waals surface area contributed by atoms with E-state index in [0.717, 1.165) is 4.68 Å². The number of nitriles is 1. The van der Waals surface area contributed by atoms with Crippen LogP contribution in [0.25, 0.3) is 10.9 Å². The molecule has 3 rings (SSSR count).